The van der Waals surface area contributed by atoms with Crippen molar-refractivity contribution in [1.82, 2.24) is 25.2 Å². The van der Waals surface area contributed by atoms with Gasteiger partial charge in [0.2, 0.25) is 0 Å². The van der Waals surface area contributed by atoms with Crippen LogP contribution in [0.5, 0.6) is 0 Å². The minimum Gasteiger partial charge on any atom is -0.352 e. The highest BCUT2D eigenvalue weighted by Gasteiger charge is 2.30. The van der Waals surface area contributed by atoms with Crippen LogP contribution in [0.15, 0.2) is 49.1 Å². The lowest BCUT2D eigenvalue weighted by Gasteiger charge is -2.07. The zero-order chi connectivity index (χ0) is 18.7. The third kappa shape index (κ3) is 3.78. The standard InChI is InChI=1S/C15H12F3N7O/c16-15(17,18)9-1-4-13(21-5-9)25-8-11(7-22-25)23-10-2-3-12(20-6-10)14(19)24-26/h1-8,23,26H,(H2,19,24). The van der Waals surface area contributed by atoms with E-state index in [-0.39, 0.29) is 17.3 Å². The zero-order valence-electron chi connectivity index (χ0n) is 13.0. The first-order chi connectivity index (χ1) is 12.4. The molecule has 11 heteroatoms. The lowest BCUT2D eigenvalue weighted by atomic mass is 10.3. The second kappa shape index (κ2) is 6.80. The SMILES string of the molecule is N=C(NO)c1ccc(Nc2cnn(-c3ccc(C(F)(F)F)cn3)c2)cn1. The molecule has 0 aromatic carbocycles. The Kier molecular flexibility index (Phi) is 4.54. The fraction of sp³-hybridized carbons (Fsp3) is 0.0667. The fourth-order valence-electron chi connectivity index (χ4n) is 2.04. The highest BCUT2D eigenvalue weighted by molar-refractivity contribution is 5.93. The summed E-state index contributed by atoms with van der Waals surface area (Å²) in [5.74, 6) is -0.000242. The average molecular weight is 363 g/mol. The number of amidine groups is 1. The molecule has 3 aromatic rings. The monoisotopic (exact) mass is 363 g/mol. The molecule has 134 valence electrons. The lowest BCUT2D eigenvalue weighted by molar-refractivity contribution is -0.137. The van der Waals surface area contributed by atoms with Gasteiger partial charge >= 0.3 is 6.18 Å². The summed E-state index contributed by atoms with van der Waals surface area (Å²) in [6.45, 7) is 0. The van der Waals surface area contributed by atoms with Gasteiger partial charge in [-0.05, 0) is 24.3 Å². The minimum atomic E-state index is -4.44. The van der Waals surface area contributed by atoms with E-state index in [2.05, 4.69) is 20.4 Å². The van der Waals surface area contributed by atoms with Crippen molar-refractivity contribution in [2.24, 2.45) is 0 Å². The smallest absolute Gasteiger partial charge is 0.352 e. The molecule has 0 spiro atoms. The number of rotatable bonds is 4. The Labute approximate surface area is 144 Å². The van der Waals surface area contributed by atoms with Crippen LogP contribution in [0.25, 0.3) is 5.82 Å². The first-order valence-corrected chi connectivity index (χ1v) is 7.17. The molecule has 0 aliphatic carbocycles. The van der Waals surface area contributed by atoms with Gasteiger partial charge in [0.05, 0.1) is 35.5 Å². The number of anilines is 2. The van der Waals surface area contributed by atoms with Crippen LogP contribution < -0.4 is 10.8 Å². The Morgan fingerprint density at radius 2 is 1.85 bits per heavy atom. The summed E-state index contributed by atoms with van der Waals surface area (Å²) in [5.41, 5.74) is 2.28. The first kappa shape index (κ1) is 17.4. The van der Waals surface area contributed by atoms with Crippen LogP contribution in [0.4, 0.5) is 24.5 Å². The highest BCUT2D eigenvalue weighted by Crippen LogP contribution is 2.28. The van der Waals surface area contributed by atoms with E-state index in [0.717, 1.165) is 12.3 Å². The van der Waals surface area contributed by atoms with Crippen molar-refractivity contribution >= 4 is 17.2 Å². The maximum atomic E-state index is 12.6. The predicted molar refractivity (Wildman–Crippen MR) is 85.6 cm³/mol. The second-order valence-corrected chi connectivity index (χ2v) is 5.12. The van der Waals surface area contributed by atoms with Crippen LogP contribution in [0.3, 0.4) is 0 Å². The molecule has 3 rings (SSSR count). The van der Waals surface area contributed by atoms with Gasteiger partial charge in [-0.1, -0.05) is 0 Å². The first-order valence-electron chi connectivity index (χ1n) is 7.17. The molecule has 26 heavy (non-hydrogen) atoms. The molecular formula is C15H12F3N7O. The van der Waals surface area contributed by atoms with E-state index in [1.807, 2.05) is 0 Å². The van der Waals surface area contributed by atoms with Gasteiger partial charge in [-0.3, -0.25) is 21.1 Å². The van der Waals surface area contributed by atoms with Crippen molar-refractivity contribution in [3.05, 3.63) is 60.3 Å². The van der Waals surface area contributed by atoms with Gasteiger partial charge in [-0.2, -0.15) is 18.3 Å². The van der Waals surface area contributed by atoms with Crippen molar-refractivity contribution in [2.75, 3.05) is 5.32 Å². The number of alkyl halides is 3. The number of nitrogens with zero attached hydrogens (tertiary/aromatic N) is 4. The number of aromatic nitrogens is 4. The quantitative estimate of drug-likeness (QED) is 0.322. The number of nitrogens with one attached hydrogen (secondary N) is 3. The molecule has 8 nitrogen and oxygen atoms in total. The Balaban J connectivity index is 1.73. The van der Waals surface area contributed by atoms with Crippen molar-refractivity contribution in [3.8, 4) is 5.82 Å². The maximum absolute atomic E-state index is 12.6. The predicted octanol–water partition coefficient (Wildman–Crippen LogP) is 2.73. The van der Waals surface area contributed by atoms with Crippen LogP contribution in [0.2, 0.25) is 0 Å². The maximum Gasteiger partial charge on any atom is 0.417 e. The summed E-state index contributed by atoms with van der Waals surface area (Å²) in [6, 6.07) is 5.32. The summed E-state index contributed by atoms with van der Waals surface area (Å²) in [7, 11) is 0. The average Bonchev–Trinajstić information content (AvgIpc) is 3.09. The summed E-state index contributed by atoms with van der Waals surface area (Å²) < 4.78 is 39.0. The van der Waals surface area contributed by atoms with E-state index >= 15 is 0 Å². The Bertz CT molecular complexity index is 904. The number of pyridine rings is 2. The van der Waals surface area contributed by atoms with Gasteiger partial charge < -0.3 is 5.32 Å². The molecule has 0 atom stereocenters. The van der Waals surface area contributed by atoms with E-state index in [1.54, 1.807) is 17.7 Å². The Morgan fingerprint density at radius 1 is 1.04 bits per heavy atom. The molecule has 0 radical (unpaired) electrons. The van der Waals surface area contributed by atoms with Crippen molar-refractivity contribution in [3.63, 3.8) is 0 Å². The summed E-state index contributed by atoms with van der Waals surface area (Å²) in [5, 5.41) is 23.1. The Morgan fingerprint density at radius 3 is 2.42 bits per heavy atom. The zero-order valence-corrected chi connectivity index (χ0v) is 13.0. The molecule has 0 amide bonds. The molecule has 0 fully saturated rings. The van der Waals surface area contributed by atoms with Gasteiger partial charge in [-0.15, -0.1) is 0 Å². The van der Waals surface area contributed by atoms with Crippen LogP contribution in [0.1, 0.15) is 11.3 Å². The van der Waals surface area contributed by atoms with E-state index in [9.17, 15) is 13.2 Å². The van der Waals surface area contributed by atoms with E-state index in [1.165, 1.54) is 29.2 Å². The minimum absolute atomic E-state index is 0.238. The van der Waals surface area contributed by atoms with Crippen molar-refractivity contribution in [2.45, 2.75) is 6.18 Å². The van der Waals surface area contributed by atoms with Gasteiger partial charge in [0.1, 0.15) is 5.69 Å². The normalized spacial score (nSPS) is 11.2. The van der Waals surface area contributed by atoms with Gasteiger partial charge in [0, 0.05) is 6.20 Å². The number of hydrogen-bond donors (Lipinski definition) is 4. The molecule has 4 N–H and O–H groups in total. The van der Waals surface area contributed by atoms with E-state index in [0.29, 0.717) is 11.4 Å². The lowest BCUT2D eigenvalue weighted by Crippen LogP contribution is -2.19. The molecule has 0 unspecified atom stereocenters. The summed E-state index contributed by atoms with van der Waals surface area (Å²) in [6.07, 6.45) is 0.792. The third-order valence-corrected chi connectivity index (χ3v) is 3.31. The van der Waals surface area contributed by atoms with Crippen molar-refractivity contribution in [1.29, 1.82) is 5.41 Å². The summed E-state index contributed by atoms with van der Waals surface area (Å²) >= 11 is 0. The number of hydrogen-bond acceptors (Lipinski definition) is 6. The second-order valence-electron chi connectivity index (χ2n) is 5.12. The van der Waals surface area contributed by atoms with Crippen LogP contribution in [-0.2, 0) is 6.18 Å². The number of hydroxylamine groups is 1. The summed E-state index contributed by atoms with van der Waals surface area (Å²) in [4.78, 5) is 7.75. The topological polar surface area (TPSA) is 112 Å². The van der Waals surface area contributed by atoms with Gasteiger partial charge in [0.25, 0.3) is 0 Å². The fourth-order valence-corrected chi connectivity index (χ4v) is 2.04. The largest absolute Gasteiger partial charge is 0.417 e. The van der Waals surface area contributed by atoms with Gasteiger partial charge in [0.15, 0.2) is 11.7 Å². The van der Waals surface area contributed by atoms with Crippen molar-refractivity contribution < 1.29 is 18.4 Å². The highest BCUT2D eigenvalue weighted by atomic mass is 19.4. The Hall–Kier alpha value is -3.47. The molecule has 0 saturated carbocycles. The molecular weight excluding hydrogens is 351 g/mol. The van der Waals surface area contributed by atoms with E-state index in [4.69, 9.17) is 10.6 Å². The van der Waals surface area contributed by atoms with E-state index < -0.39 is 11.7 Å². The van der Waals surface area contributed by atoms with Crippen LogP contribution >= 0.6 is 0 Å². The van der Waals surface area contributed by atoms with Crippen LogP contribution in [-0.4, -0.2) is 30.8 Å². The molecule has 3 aromatic heterocycles. The molecule has 0 saturated heterocycles. The van der Waals surface area contributed by atoms with Gasteiger partial charge in [-0.25, -0.2) is 9.67 Å². The molecule has 0 bridgehead atoms. The molecule has 3 heterocycles. The molecule has 0 aliphatic rings. The third-order valence-electron chi connectivity index (χ3n) is 3.31. The molecule has 0 aliphatic heterocycles. The number of halogens is 3. The van der Waals surface area contributed by atoms with Crippen LogP contribution in [0, 0.1) is 5.41 Å².